The highest BCUT2D eigenvalue weighted by Gasteiger charge is 2.27. The number of benzene rings is 1. The fraction of sp³-hybridized carbons (Fsp3) is 0.562. The van der Waals surface area contributed by atoms with Gasteiger partial charge in [-0.05, 0) is 30.2 Å². The highest BCUT2D eigenvalue weighted by atomic mass is 16.2. The van der Waals surface area contributed by atoms with E-state index >= 15 is 0 Å². The number of carbonyl (C=O) groups excluding carboxylic acids is 1. The first-order valence-corrected chi connectivity index (χ1v) is 7.68. The molecule has 0 aromatic heterocycles. The molecule has 0 aliphatic carbocycles. The minimum atomic E-state index is 0.255. The van der Waals surface area contributed by atoms with Crippen molar-refractivity contribution in [3.05, 3.63) is 23.8 Å². The Morgan fingerprint density at radius 1 is 1.25 bits per heavy atom. The third kappa shape index (κ3) is 2.52. The Morgan fingerprint density at radius 2 is 2.05 bits per heavy atom. The maximum Gasteiger partial charge on any atom is 0.231 e. The van der Waals surface area contributed by atoms with Crippen LogP contribution in [0.5, 0.6) is 0 Å². The van der Waals surface area contributed by atoms with Crippen LogP contribution in [-0.4, -0.2) is 38.6 Å². The van der Waals surface area contributed by atoms with Crippen LogP contribution in [0.3, 0.4) is 0 Å². The molecule has 2 aliphatic heterocycles. The molecule has 0 unspecified atom stereocenters. The molecule has 108 valence electrons. The molecule has 20 heavy (non-hydrogen) atoms. The molecule has 1 saturated heterocycles. The molecule has 1 N–H and O–H groups in total. The number of nitrogens with zero attached hydrogens (tertiary/aromatic N) is 2. The van der Waals surface area contributed by atoms with Crippen LogP contribution in [0, 0.1) is 0 Å². The number of carbonyl (C=O) groups is 1. The Hall–Kier alpha value is -1.55. The van der Waals surface area contributed by atoms with Gasteiger partial charge in [-0.25, -0.2) is 0 Å². The lowest BCUT2D eigenvalue weighted by Gasteiger charge is -2.30. The molecule has 4 nitrogen and oxygen atoms in total. The van der Waals surface area contributed by atoms with Crippen LogP contribution in [0.25, 0.3) is 0 Å². The van der Waals surface area contributed by atoms with Crippen LogP contribution in [0.2, 0.25) is 0 Å². The summed E-state index contributed by atoms with van der Waals surface area (Å²) in [6.45, 7) is 7.19. The van der Waals surface area contributed by atoms with Crippen LogP contribution >= 0.6 is 0 Å². The van der Waals surface area contributed by atoms with E-state index in [1.54, 1.807) is 0 Å². The normalized spacial score (nSPS) is 18.6. The smallest absolute Gasteiger partial charge is 0.231 e. The summed E-state index contributed by atoms with van der Waals surface area (Å²) >= 11 is 0. The van der Waals surface area contributed by atoms with Crippen molar-refractivity contribution >= 4 is 17.3 Å². The van der Waals surface area contributed by atoms with Crippen LogP contribution in [0.15, 0.2) is 18.2 Å². The van der Waals surface area contributed by atoms with Crippen molar-refractivity contribution in [3.8, 4) is 0 Å². The summed E-state index contributed by atoms with van der Waals surface area (Å²) in [5.41, 5.74) is 3.58. The molecule has 0 radical (unpaired) electrons. The Kier molecular flexibility index (Phi) is 3.92. The summed E-state index contributed by atoms with van der Waals surface area (Å²) in [5.74, 6) is 0.255. The van der Waals surface area contributed by atoms with E-state index in [0.717, 1.165) is 51.3 Å². The van der Waals surface area contributed by atoms with Crippen LogP contribution < -0.4 is 15.1 Å². The van der Waals surface area contributed by atoms with E-state index < -0.39 is 0 Å². The minimum Gasteiger partial charge on any atom is -0.369 e. The van der Waals surface area contributed by atoms with E-state index in [1.807, 2.05) is 4.90 Å². The fourth-order valence-corrected chi connectivity index (χ4v) is 3.05. The van der Waals surface area contributed by atoms with Crippen molar-refractivity contribution in [1.29, 1.82) is 0 Å². The Labute approximate surface area is 120 Å². The minimum absolute atomic E-state index is 0.255. The summed E-state index contributed by atoms with van der Waals surface area (Å²) in [4.78, 5) is 16.5. The molecule has 1 aromatic rings. The van der Waals surface area contributed by atoms with Crippen LogP contribution in [0.4, 0.5) is 11.4 Å². The van der Waals surface area contributed by atoms with E-state index in [0.29, 0.717) is 6.42 Å². The Balaban J connectivity index is 1.80. The zero-order chi connectivity index (χ0) is 13.9. The van der Waals surface area contributed by atoms with Crippen molar-refractivity contribution in [2.24, 2.45) is 0 Å². The SMILES string of the molecule is CCCCN1C(=O)Cc2cc(N3CCNCC3)ccc21. The quantitative estimate of drug-likeness (QED) is 0.908. The molecule has 1 aromatic carbocycles. The topological polar surface area (TPSA) is 35.6 Å². The lowest BCUT2D eigenvalue weighted by molar-refractivity contribution is -0.117. The highest BCUT2D eigenvalue weighted by Crippen LogP contribution is 2.32. The molecular weight excluding hydrogens is 250 g/mol. The number of hydrogen-bond donors (Lipinski definition) is 1. The first-order chi connectivity index (χ1) is 9.79. The van der Waals surface area contributed by atoms with Gasteiger partial charge in [-0.3, -0.25) is 4.79 Å². The maximum atomic E-state index is 12.1. The number of rotatable bonds is 4. The van der Waals surface area contributed by atoms with Gasteiger partial charge in [0.25, 0.3) is 0 Å². The van der Waals surface area contributed by atoms with Gasteiger partial charge in [0.1, 0.15) is 0 Å². The number of nitrogens with one attached hydrogen (secondary N) is 1. The van der Waals surface area contributed by atoms with Gasteiger partial charge < -0.3 is 15.1 Å². The second kappa shape index (κ2) is 5.83. The largest absolute Gasteiger partial charge is 0.369 e. The number of piperazine rings is 1. The second-order valence-corrected chi connectivity index (χ2v) is 5.63. The third-order valence-electron chi connectivity index (χ3n) is 4.21. The number of hydrogen-bond acceptors (Lipinski definition) is 3. The summed E-state index contributed by atoms with van der Waals surface area (Å²) in [5, 5.41) is 3.37. The second-order valence-electron chi connectivity index (χ2n) is 5.63. The third-order valence-corrected chi connectivity index (χ3v) is 4.21. The van der Waals surface area contributed by atoms with E-state index in [9.17, 15) is 4.79 Å². The maximum absolute atomic E-state index is 12.1. The predicted molar refractivity (Wildman–Crippen MR) is 82.5 cm³/mol. The molecule has 0 saturated carbocycles. The first kappa shape index (κ1) is 13.4. The standard InChI is InChI=1S/C16H23N3O/c1-2-3-8-19-15-5-4-14(11-13(15)12-16(19)20)18-9-6-17-7-10-18/h4-5,11,17H,2-3,6-10,12H2,1H3. The van der Waals surface area contributed by atoms with Crippen LogP contribution in [-0.2, 0) is 11.2 Å². The van der Waals surface area contributed by atoms with Gasteiger partial charge in [0.05, 0.1) is 6.42 Å². The monoisotopic (exact) mass is 273 g/mol. The average Bonchev–Trinajstić information content (AvgIpc) is 2.80. The average molecular weight is 273 g/mol. The van der Waals surface area contributed by atoms with Gasteiger partial charge >= 0.3 is 0 Å². The molecular formula is C16H23N3O. The van der Waals surface area contributed by atoms with Gasteiger partial charge in [0, 0.05) is 44.1 Å². The molecule has 2 heterocycles. The number of unbranched alkanes of at least 4 members (excludes halogenated alkanes) is 1. The van der Waals surface area contributed by atoms with Gasteiger partial charge in [0.15, 0.2) is 0 Å². The Morgan fingerprint density at radius 3 is 2.80 bits per heavy atom. The number of anilines is 2. The summed E-state index contributed by atoms with van der Waals surface area (Å²) < 4.78 is 0. The van der Waals surface area contributed by atoms with Gasteiger partial charge in [0.2, 0.25) is 5.91 Å². The molecule has 0 atom stereocenters. The van der Waals surface area contributed by atoms with E-state index in [2.05, 4.69) is 35.3 Å². The lowest BCUT2D eigenvalue weighted by Crippen LogP contribution is -2.43. The molecule has 1 amide bonds. The Bertz CT molecular complexity index is 494. The molecule has 0 bridgehead atoms. The predicted octanol–water partition coefficient (Wildman–Crippen LogP) is 1.79. The van der Waals surface area contributed by atoms with E-state index in [-0.39, 0.29) is 5.91 Å². The molecule has 4 heteroatoms. The number of amides is 1. The van der Waals surface area contributed by atoms with Gasteiger partial charge in [-0.2, -0.15) is 0 Å². The number of fused-ring (bicyclic) bond motifs is 1. The zero-order valence-corrected chi connectivity index (χ0v) is 12.2. The lowest BCUT2D eigenvalue weighted by atomic mass is 10.1. The molecule has 1 fully saturated rings. The van der Waals surface area contributed by atoms with E-state index in [1.165, 1.54) is 11.3 Å². The van der Waals surface area contributed by atoms with Crippen molar-refractivity contribution in [1.82, 2.24) is 5.32 Å². The molecule has 0 spiro atoms. The molecule has 2 aliphatic rings. The summed E-state index contributed by atoms with van der Waals surface area (Å²) in [6.07, 6.45) is 2.77. The van der Waals surface area contributed by atoms with Gasteiger partial charge in [-0.15, -0.1) is 0 Å². The summed E-state index contributed by atoms with van der Waals surface area (Å²) in [6, 6.07) is 6.51. The van der Waals surface area contributed by atoms with Crippen molar-refractivity contribution in [2.75, 3.05) is 42.5 Å². The van der Waals surface area contributed by atoms with Crippen molar-refractivity contribution in [2.45, 2.75) is 26.2 Å². The molecule has 3 rings (SSSR count). The first-order valence-electron chi connectivity index (χ1n) is 7.68. The zero-order valence-electron chi connectivity index (χ0n) is 12.2. The highest BCUT2D eigenvalue weighted by molar-refractivity contribution is 6.01. The van der Waals surface area contributed by atoms with E-state index in [4.69, 9.17) is 0 Å². The van der Waals surface area contributed by atoms with Gasteiger partial charge in [-0.1, -0.05) is 13.3 Å². The summed E-state index contributed by atoms with van der Waals surface area (Å²) in [7, 11) is 0. The van der Waals surface area contributed by atoms with Crippen LogP contribution in [0.1, 0.15) is 25.3 Å². The fourth-order valence-electron chi connectivity index (χ4n) is 3.05. The van der Waals surface area contributed by atoms with Crippen molar-refractivity contribution < 1.29 is 4.79 Å². The van der Waals surface area contributed by atoms with Crippen molar-refractivity contribution in [3.63, 3.8) is 0 Å².